The summed E-state index contributed by atoms with van der Waals surface area (Å²) in [7, 11) is -0.873. The van der Waals surface area contributed by atoms with Gasteiger partial charge in [-0.3, -0.25) is 0 Å². The Balaban J connectivity index is 2.17. The summed E-state index contributed by atoms with van der Waals surface area (Å²) in [4.78, 5) is 0. The Morgan fingerprint density at radius 2 is 1.75 bits per heavy atom. The van der Waals surface area contributed by atoms with Crippen molar-refractivity contribution < 1.29 is 18.4 Å². The summed E-state index contributed by atoms with van der Waals surface area (Å²) in [5.74, 6) is 0. The zero-order chi connectivity index (χ0) is 12.0. The van der Waals surface area contributed by atoms with Crippen LogP contribution < -0.4 is 0 Å². The molecule has 2 heterocycles. The third-order valence-corrected chi connectivity index (χ3v) is 3.62. The van der Waals surface area contributed by atoms with Gasteiger partial charge in [-0.1, -0.05) is 0 Å². The minimum absolute atomic E-state index is 0.309. The lowest BCUT2D eigenvalue weighted by Gasteiger charge is -2.32. The molecule has 0 N–H and O–H groups in total. The molecule has 3 nitrogen and oxygen atoms in total. The van der Waals surface area contributed by atoms with Crippen LogP contribution in [-0.4, -0.2) is 31.5 Å². The first kappa shape index (κ1) is 12.1. The molecule has 0 unspecified atom stereocenters. The Morgan fingerprint density at radius 1 is 1.19 bits per heavy atom. The largest absolute Gasteiger partial charge is 0.525 e. The molecule has 2 aliphatic heterocycles. The summed E-state index contributed by atoms with van der Waals surface area (Å²) in [6.07, 6.45) is 0.635. The first-order chi connectivity index (χ1) is 7.33. The van der Waals surface area contributed by atoms with Crippen molar-refractivity contribution in [2.45, 2.75) is 45.3 Å². The molecular formula is C11H18BFO3. The van der Waals surface area contributed by atoms with Crippen molar-refractivity contribution in [1.29, 1.82) is 0 Å². The monoisotopic (exact) mass is 228 g/mol. The van der Waals surface area contributed by atoms with E-state index in [1.54, 1.807) is 0 Å². The van der Waals surface area contributed by atoms with E-state index in [-0.39, 0.29) is 5.73 Å². The summed E-state index contributed by atoms with van der Waals surface area (Å²) >= 11 is 0. The molecule has 0 aromatic rings. The van der Waals surface area contributed by atoms with Gasteiger partial charge < -0.3 is 14.0 Å². The van der Waals surface area contributed by atoms with Gasteiger partial charge in [-0.05, 0) is 39.7 Å². The molecule has 0 aliphatic carbocycles. The van der Waals surface area contributed by atoms with E-state index in [4.69, 9.17) is 14.0 Å². The first-order valence-electron chi connectivity index (χ1n) is 5.64. The fourth-order valence-corrected chi connectivity index (χ4v) is 1.76. The lowest BCUT2D eigenvalue weighted by Crippen LogP contribution is -2.41. The fraction of sp³-hybridized carbons (Fsp3) is 0.818. The minimum atomic E-state index is -0.873. The summed E-state index contributed by atoms with van der Waals surface area (Å²) in [5.41, 5.74) is -0.626. The average molecular weight is 228 g/mol. The van der Waals surface area contributed by atoms with Crippen molar-refractivity contribution in [1.82, 2.24) is 0 Å². The molecule has 0 bridgehead atoms. The second kappa shape index (κ2) is 3.82. The number of halogens is 1. The van der Waals surface area contributed by atoms with Crippen LogP contribution in [0.15, 0.2) is 11.3 Å². The third kappa shape index (κ3) is 1.92. The molecule has 0 atom stereocenters. The highest BCUT2D eigenvalue weighted by Gasteiger charge is 2.53. The molecule has 0 saturated carbocycles. The van der Waals surface area contributed by atoms with E-state index in [1.807, 2.05) is 27.7 Å². The minimum Gasteiger partial charge on any atom is -0.398 e. The standard InChI is InChI=1S/C11H18BFO3/c1-10(2)11(3,4)16-12(15-10)9(13)8-5-6-14-7-8/h5-7H2,1-4H3. The molecule has 2 aliphatic rings. The molecule has 0 aromatic carbocycles. The Hall–Kier alpha value is -0.385. The molecule has 0 amide bonds. The zero-order valence-corrected chi connectivity index (χ0v) is 10.3. The SMILES string of the molecule is CC1(C)OB(C(F)=C2CCOC2)OC1(C)C. The topological polar surface area (TPSA) is 27.7 Å². The maximum Gasteiger partial charge on any atom is 0.525 e. The molecule has 16 heavy (non-hydrogen) atoms. The van der Waals surface area contributed by atoms with Gasteiger partial charge in [0.2, 0.25) is 0 Å². The Morgan fingerprint density at radius 3 is 2.19 bits per heavy atom. The van der Waals surface area contributed by atoms with Crippen molar-refractivity contribution in [2.24, 2.45) is 0 Å². The van der Waals surface area contributed by atoms with Gasteiger partial charge in [0, 0.05) is 0 Å². The van der Waals surface area contributed by atoms with E-state index in [0.717, 1.165) is 0 Å². The predicted octanol–water partition coefficient (Wildman–Crippen LogP) is 2.26. The Bertz CT molecular complexity index is 301. The van der Waals surface area contributed by atoms with Gasteiger partial charge in [0.05, 0.1) is 24.4 Å². The summed E-state index contributed by atoms with van der Waals surface area (Å²) in [6.45, 7) is 8.59. The molecule has 0 spiro atoms. The van der Waals surface area contributed by atoms with Crippen LogP contribution in [0, 0.1) is 0 Å². The van der Waals surface area contributed by atoms with Crippen LogP contribution in [0.4, 0.5) is 4.39 Å². The Kier molecular flexibility index (Phi) is 2.89. The van der Waals surface area contributed by atoms with Crippen LogP contribution in [0.2, 0.25) is 0 Å². The lowest BCUT2D eigenvalue weighted by molar-refractivity contribution is 0.00578. The van der Waals surface area contributed by atoms with Crippen LogP contribution in [-0.2, 0) is 14.0 Å². The molecule has 2 fully saturated rings. The first-order valence-corrected chi connectivity index (χ1v) is 5.64. The van der Waals surface area contributed by atoms with Gasteiger partial charge in [-0.25, -0.2) is 4.39 Å². The molecule has 2 rings (SSSR count). The van der Waals surface area contributed by atoms with Gasteiger partial charge in [-0.2, -0.15) is 0 Å². The van der Waals surface area contributed by atoms with Gasteiger partial charge in [-0.15, -0.1) is 0 Å². The lowest BCUT2D eigenvalue weighted by atomic mass is 9.84. The smallest absolute Gasteiger partial charge is 0.398 e. The van der Waals surface area contributed by atoms with Crippen molar-refractivity contribution >= 4 is 7.12 Å². The summed E-state index contributed by atoms with van der Waals surface area (Å²) in [5, 5.41) is 0. The van der Waals surface area contributed by atoms with Crippen molar-refractivity contribution in [3.8, 4) is 0 Å². The van der Waals surface area contributed by atoms with Crippen LogP contribution in [0.1, 0.15) is 34.1 Å². The number of rotatable bonds is 1. The molecule has 5 heteroatoms. The number of hydrogen-bond acceptors (Lipinski definition) is 3. The molecule has 90 valence electrons. The average Bonchev–Trinajstić information content (AvgIpc) is 2.72. The van der Waals surface area contributed by atoms with Gasteiger partial charge in [0.15, 0.2) is 0 Å². The highest BCUT2D eigenvalue weighted by atomic mass is 19.1. The highest BCUT2D eigenvalue weighted by Crippen LogP contribution is 2.39. The van der Waals surface area contributed by atoms with Crippen LogP contribution in [0.25, 0.3) is 0 Å². The van der Waals surface area contributed by atoms with E-state index in [2.05, 4.69) is 0 Å². The van der Waals surface area contributed by atoms with Gasteiger partial charge in [0.25, 0.3) is 0 Å². The fourth-order valence-electron chi connectivity index (χ4n) is 1.76. The number of ether oxygens (including phenoxy) is 1. The van der Waals surface area contributed by atoms with E-state index in [1.165, 1.54) is 0 Å². The quantitative estimate of drug-likeness (QED) is 0.644. The predicted molar refractivity (Wildman–Crippen MR) is 59.7 cm³/mol. The number of hydrogen-bond donors (Lipinski definition) is 0. The van der Waals surface area contributed by atoms with Crippen molar-refractivity contribution in [2.75, 3.05) is 13.2 Å². The van der Waals surface area contributed by atoms with Crippen LogP contribution >= 0.6 is 0 Å². The maximum absolute atomic E-state index is 14.0. The van der Waals surface area contributed by atoms with E-state index in [9.17, 15) is 4.39 Å². The maximum atomic E-state index is 14.0. The third-order valence-electron chi connectivity index (χ3n) is 3.62. The summed E-state index contributed by atoms with van der Waals surface area (Å²) < 4.78 is 30.4. The van der Waals surface area contributed by atoms with Crippen LogP contribution in [0.5, 0.6) is 0 Å². The second-order valence-corrected chi connectivity index (χ2v) is 5.34. The zero-order valence-electron chi connectivity index (χ0n) is 10.3. The normalized spacial score (nSPS) is 30.9. The second-order valence-electron chi connectivity index (χ2n) is 5.34. The van der Waals surface area contributed by atoms with E-state index in [0.29, 0.717) is 25.2 Å². The molecular weight excluding hydrogens is 210 g/mol. The van der Waals surface area contributed by atoms with Gasteiger partial charge in [0.1, 0.15) is 5.73 Å². The van der Waals surface area contributed by atoms with Crippen LogP contribution in [0.3, 0.4) is 0 Å². The molecule has 0 aromatic heterocycles. The summed E-state index contributed by atoms with van der Waals surface area (Å²) in [6, 6.07) is 0. The highest BCUT2D eigenvalue weighted by molar-refractivity contribution is 6.53. The van der Waals surface area contributed by atoms with Crippen molar-refractivity contribution in [3.05, 3.63) is 11.3 Å². The van der Waals surface area contributed by atoms with E-state index < -0.39 is 18.3 Å². The van der Waals surface area contributed by atoms with E-state index >= 15 is 0 Å². The Labute approximate surface area is 96.1 Å². The molecule has 2 saturated heterocycles. The van der Waals surface area contributed by atoms with Crippen molar-refractivity contribution in [3.63, 3.8) is 0 Å². The molecule has 0 radical (unpaired) electrons. The van der Waals surface area contributed by atoms with Gasteiger partial charge >= 0.3 is 7.12 Å².